The summed E-state index contributed by atoms with van der Waals surface area (Å²) in [5, 5.41) is 7.17. The lowest BCUT2D eigenvalue weighted by molar-refractivity contribution is 0.796. The van der Waals surface area contributed by atoms with Gasteiger partial charge in [0.2, 0.25) is 11.9 Å². The monoisotopic (exact) mass is 289 g/mol. The number of nitrogens with zero attached hydrogens (tertiary/aromatic N) is 6. The molecule has 0 aliphatic heterocycles. The average Bonchev–Trinajstić information content (AvgIpc) is 3.17. The SMILES string of the molecule is NNc1nc(NCc2cncs2)nc(-n2cccn2)n1. The van der Waals surface area contributed by atoms with Crippen LogP contribution in [0.5, 0.6) is 0 Å². The van der Waals surface area contributed by atoms with Crippen molar-refractivity contribution < 1.29 is 0 Å². The molecule has 0 saturated carbocycles. The highest BCUT2D eigenvalue weighted by atomic mass is 32.1. The maximum absolute atomic E-state index is 5.36. The van der Waals surface area contributed by atoms with Crippen molar-refractivity contribution in [2.24, 2.45) is 5.84 Å². The van der Waals surface area contributed by atoms with Gasteiger partial charge in [0.25, 0.3) is 5.95 Å². The first-order chi connectivity index (χ1) is 9.85. The van der Waals surface area contributed by atoms with Crippen molar-refractivity contribution in [3.63, 3.8) is 0 Å². The van der Waals surface area contributed by atoms with Crippen LogP contribution in [0.25, 0.3) is 5.95 Å². The van der Waals surface area contributed by atoms with Crippen LogP contribution >= 0.6 is 11.3 Å². The molecule has 0 fully saturated rings. The number of hydrogen-bond acceptors (Lipinski definition) is 9. The van der Waals surface area contributed by atoms with Gasteiger partial charge in [-0.2, -0.15) is 20.1 Å². The number of nitrogen functional groups attached to an aromatic ring is 1. The van der Waals surface area contributed by atoms with E-state index < -0.39 is 0 Å². The van der Waals surface area contributed by atoms with Gasteiger partial charge in [-0.05, 0) is 6.07 Å². The van der Waals surface area contributed by atoms with Gasteiger partial charge in [-0.3, -0.25) is 10.4 Å². The Bertz CT molecular complexity index is 664. The maximum Gasteiger partial charge on any atom is 0.257 e. The van der Waals surface area contributed by atoms with Gasteiger partial charge < -0.3 is 5.32 Å². The van der Waals surface area contributed by atoms with Crippen molar-refractivity contribution in [2.75, 3.05) is 10.7 Å². The summed E-state index contributed by atoms with van der Waals surface area (Å²) in [7, 11) is 0. The highest BCUT2D eigenvalue weighted by Crippen LogP contribution is 2.11. The van der Waals surface area contributed by atoms with Crippen LogP contribution in [0.1, 0.15) is 4.88 Å². The molecule has 0 spiro atoms. The quantitative estimate of drug-likeness (QED) is 0.456. The zero-order valence-electron chi connectivity index (χ0n) is 10.3. The number of nitrogens with two attached hydrogens (primary N) is 1. The molecule has 3 rings (SSSR count). The molecule has 0 bridgehead atoms. The highest BCUT2D eigenvalue weighted by molar-refractivity contribution is 7.09. The van der Waals surface area contributed by atoms with Crippen molar-refractivity contribution in [3.8, 4) is 5.95 Å². The first-order valence-corrected chi connectivity index (χ1v) is 6.57. The standard InChI is InChI=1S/C10H11N9S/c11-18-9-15-8(13-5-7-4-12-6-20-7)16-10(17-9)19-3-1-2-14-19/h1-4,6H,5,11H2,(H2,13,15,16,17,18). The molecule has 0 saturated heterocycles. The van der Waals surface area contributed by atoms with E-state index in [0.29, 0.717) is 18.4 Å². The molecular formula is C10H11N9S. The van der Waals surface area contributed by atoms with Crippen LogP contribution in [0.2, 0.25) is 0 Å². The molecule has 3 aromatic heterocycles. The molecule has 0 unspecified atom stereocenters. The third-order valence-electron chi connectivity index (χ3n) is 2.37. The molecule has 9 nitrogen and oxygen atoms in total. The second kappa shape index (κ2) is 5.59. The van der Waals surface area contributed by atoms with Crippen LogP contribution in [0.4, 0.5) is 11.9 Å². The first-order valence-electron chi connectivity index (χ1n) is 5.69. The van der Waals surface area contributed by atoms with E-state index in [0.717, 1.165) is 4.88 Å². The summed E-state index contributed by atoms with van der Waals surface area (Å²) in [5.41, 5.74) is 4.18. The van der Waals surface area contributed by atoms with E-state index in [2.05, 4.69) is 35.8 Å². The van der Waals surface area contributed by atoms with Crippen LogP contribution < -0.4 is 16.6 Å². The number of aromatic nitrogens is 6. The summed E-state index contributed by atoms with van der Waals surface area (Å²) in [6, 6.07) is 1.78. The van der Waals surface area contributed by atoms with E-state index in [1.807, 2.05) is 0 Å². The maximum atomic E-state index is 5.36. The van der Waals surface area contributed by atoms with E-state index in [9.17, 15) is 0 Å². The fraction of sp³-hybridized carbons (Fsp3) is 0.100. The van der Waals surface area contributed by atoms with Crippen molar-refractivity contribution in [1.82, 2.24) is 29.7 Å². The summed E-state index contributed by atoms with van der Waals surface area (Å²) in [4.78, 5) is 17.6. The van der Waals surface area contributed by atoms with Crippen LogP contribution in [-0.4, -0.2) is 29.7 Å². The lowest BCUT2D eigenvalue weighted by Gasteiger charge is -2.07. The lowest BCUT2D eigenvalue weighted by atomic mass is 10.5. The van der Waals surface area contributed by atoms with E-state index in [4.69, 9.17) is 5.84 Å². The Hall–Kier alpha value is -2.59. The molecule has 4 N–H and O–H groups in total. The first kappa shape index (κ1) is 12.4. The van der Waals surface area contributed by atoms with Gasteiger partial charge in [-0.15, -0.1) is 11.3 Å². The molecule has 0 aromatic carbocycles. The fourth-order valence-electron chi connectivity index (χ4n) is 1.49. The molecular weight excluding hydrogens is 278 g/mol. The summed E-state index contributed by atoms with van der Waals surface area (Å²) in [6.07, 6.45) is 5.17. The average molecular weight is 289 g/mol. The minimum atomic E-state index is 0.261. The van der Waals surface area contributed by atoms with Gasteiger partial charge in [0.05, 0.1) is 12.1 Å². The zero-order valence-corrected chi connectivity index (χ0v) is 11.1. The van der Waals surface area contributed by atoms with Gasteiger partial charge in [0.1, 0.15) is 0 Å². The topological polar surface area (TPSA) is 119 Å². The fourth-order valence-corrected chi connectivity index (χ4v) is 2.03. The number of rotatable bonds is 5. The molecule has 0 aliphatic carbocycles. The summed E-state index contributed by atoms with van der Waals surface area (Å²) < 4.78 is 1.53. The van der Waals surface area contributed by atoms with Gasteiger partial charge in [0, 0.05) is 23.5 Å². The normalized spacial score (nSPS) is 10.4. The lowest BCUT2D eigenvalue weighted by Crippen LogP contribution is -2.15. The predicted molar refractivity (Wildman–Crippen MR) is 74.2 cm³/mol. The zero-order chi connectivity index (χ0) is 13.8. The molecule has 0 amide bonds. The Kier molecular flexibility index (Phi) is 3.48. The van der Waals surface area contributed by atoms with Crippen LogP contribution in [0.3, 0.4) is 0 Å². The minimum absolute atomic E-state index is 0.261. The van der Waals surface area contributed by atoms with E-state index >= 15 is 0 Å². The summed E-state index contributed by atoms with van der Waals surface area (Å²) >= 11 is 1.55. The Morgan fingerprint density at radius 1 is 1.25 bits per heavy atom. The molecule has 0 atom stereocenters. The minimum Gasteiger partial charge on any atom is -0.349 e. The van der Waals surface area contributed by atoms with Gasteiger partial charge in [0.15, 0.2) is 0 Å². The van der Waals surface area contributed by atoms with Gasteiger partial charge >= 0.3 is 0 Å². The Labute approximate surface area is 117 Å². The molecule has 10 heteroatoms. The highest BCUT2D eigenvalue weighted by Gasteiger charge is 2.08. The Morgan fingerprint density at radius 2 is 2.15 bits per heavy atom. The number of nitrogens with one attached hydrogen (secondary N) is 2. The van der Waals surface area contributed by atoms with Crippen molar-refractivity contribution in [1.29, 1.82) is 0 Å². The van der Waals surface area contributed by atoms with Crippen LogP contribution in [0.15, 0.2) is 30.2 Å². The number of thiazole rings is 1. The largest absolute Gasteiger partial charge is 0.349 e. The van der Waals surface area contributed by atoms with Crippen molar-refractivity contribution in [2.45, 2.75) is 6.54 Å². The van der Waals surface area contributed by atoms with Gasteiger partial charge in [-0.1, -0.05) is 0 Å². The van der Waals surface area contributed by atoms with E-state index in [-0.39, 0.29) is 5.95 Å². The van der Waals surface area contributed by atoms with Crippen LogP contribution in [0, 0.1) is 0 Å². The second-order valence-corrected chi connectivity index (χ2v) is 4.67. The Balaban J connectivity index is 1.84. The van der Waals surface area contributed by atoms with E-state index in [1.165, 1.54) is 4.68 Å². The molecule has 3 heterocycles. The molecule has 0 radical (unpaired) electrons. The van der Waals surface area contributed by atoms with E-state index in [1.54, 1.807) is 41.5 Å². The number of anilines is 2. The molecule has 20 heavy (non-hydrogen) atoms. The third kappa shape index (κ3) is 2.70. The van der Waals surface area contributed by atoms with Gasteiger partial charge in [-0.25, -0.2) is 10.5 Å². The second-order valence-electron chi connectivity index (χ2n) is 3.70. The van der Waals surface area contributed by atoms with Crippen molar-refractivity contribution in [3.05, 3.63) is 35.0 Å². The Morgan fingerprint density at radius 3 is 2.85 bits per heavy atom. The van der Waals surface area contributed by atoms with Crippen LogP contribution in [-0.2, 0) is 6.54 Å². The third-order valence-corrected chi connectivity index (χ3v) is 3.15. The summed E-state index contributed by atoms with van der Waals surface area (Å²) in [5.74, 6) is 6.41. The number of hydrazine groups is 1. The number of hydrogen-bond donors (Lipinski definition) is 3. The molecule has 0 aliphatic rings. The summed E-state index contributed by atoms with van der Waals surface area (Å²) in [6.45, 7) is 0.581. The van der Waals surface area contributed by atoms with Crippen molar-refractivity contribution >= 4 is 23.2 Å². The molecule has 3 aromatic rings. The molecule has 102 valence electrons. The smallest absolute Gasteiger partial charge is 0.257 e. The predicted octanol–water partition coefficient (Wildman–Crippen LogP) is 0.411.